The van der Waals surface area contributed by atoms with Gasteiger partial charge in [-0.15, -0.1) is 0 Å². The zero-order chi connectivity index (χ0) is 19.5. The number of carbonyl (C=O) groups excluding carboxylic acids is 1. The average Bonchev–Trinajstić information content (AvgIpc) is 2.74. The second kappa shape index (κ2) is 7.53. The number of halogens is 1. The molecule has 1 heterocycles. The molecule has 4 nitrogen and oxygen atoms in total. The summed E-state index contributed by atoms with van der Waals surface area (Å²) >= 11 is 0. The van der Waals surface area contributed by atoms with Crippen LogP contribution >= 0.6 is 0 Å². The van der Waals surface area contributed by atoms with Gasteiger partial charge in [0.2, 0.25) is 0 Å². The number of hydrogen-bond donors (Lipinski definition) is 1. The predicted molar refractivity (Wildman–Crippen MR) is 105 cm³/mol. The number of carbonyl (C=O) groups is 1. The highest BCUT2D eigenvalue weighted by molar-refractivity contribution is 5.91. The van der Waals surface area contributed by atoms with E-state index in [1.807, 2.05) is 42.5 Å². The van der Waals surface area contributed by atoms with Crippen LogP contribution in [0.5, 0.6) is 0 Å². The molecule has 2 amide bonds. The van der Waals surface area contributed by atoms with E-state index < -0.39 is 5.82 Å². The Morgan fingerprint density at radius 3 is 2.61 bits per heavy atom. The summed E-state index contributed by atoms with van der Waals surface area (Å²) in [5.74, 6) is -0.439. The molecular weight excluding hydrogens is 353 g/mol. The number of anilines is 1. The number of nitriles is 1. The van der Waals surface area contributed by atoms with Crippen molar-refractivity contribution in [3.8, 4) is 6.07 Å². The monoisotopic (exact) mass is 371 g/mol. The molecule has 5 heteroatoms. The van der Waals surface area contributed by atoms with Gasteiger partial charge in [-0.1, -0.05) is 54.6 Å². The van der Waals surface area contributed by atoms with Gasteiger partial charge in [0.25, 0.3) is 0 Å². The summed E-state index contributed by atoms with van der Waals surface area (Å²) in [5.41, 5.74) is 3.87. The van der Waals surface area contributed by atoms with Crippen molar-refractivity contribution in [2.24, 2.45) is 0 Å². The van der Waals surface area contributed by atoms with Crippen LogP contribution in [0.15, 0.2) is 72.8 Å². The van der Waals surface area contributed by atoms with Gasteiger partial charge in [-0.05, 0) is 34.9 Å². The van der Waals surface area contributed by atoms with Gasteiger partial charge in [0.05, 0.1) is 11.3 Å². The van der Waals surface area contributed by atoms with Gasteiger partial charge in [0.15, 0.2) is 0 Å². The molecule has 3 aromatic rings. The van der Waals surface area contributed by atoms with Crippen LogP contribution in [-0.4, -0.2) is 17.5 Å². The molecule has 28 heavy (non-hydrogen) atoms. The van der Waals surface area contributed by atoms with Crippen molar-refractivity contribution in [3.63, 3.8) is 0 Å². The van der Waals surface area contributed by atoms with Gasteiger partial charge in [-0.25, -0.2) is 9.18 Å². The second-order valence-electron chi connectivity index (χ2n) is 6.77. The second-order valence-corrected chi connectivity index (χ2v) is 6.77. The first-order chi connectivity index (χ1) is 13.7. The first-order valence-corrected chi connectivity index (χ1v) is 9.04. The fourth-order valence-corrected chi connectivity index (χ4v) is 3.64. The van der Waals surface area contributed by atoms with Gasteiger partial charge < -0.3 is 10.2 Å². The summed E-state index contributed by atoms with van der Waals surface area (Å²) in [6.45, 7) is 1.00. The zero-order valence-electron chi connectivity index (χ0n) is 15.1. The van der Waals surface area contributed by atoms with E-state index >= 15 is 0 Å². The average molecular weight is 371 g/mol. The first kappa shape index (κ1) is 17.7. The van der Waals surface area contributed by atoms with Crippen LogP contribution in [-0.2, 0) is 6.54 Å². The molecule has 0 aliphatic carbocycles. The lowest BCUT2D eigenvalue weighted by Gasteiger charge is -2.35. The minimum Gasteiger partial charge on any atom is -0.319 e. The smallest absolute Gasteiger partial charge is 0.319 e. The summed E-state index contributed by atoms with van der Waals surface area (Å²) in [6.07, 6.45) is 0. The maximum Gasteiger partial charge on any atom is 0.322 e. The molecule has 1 N–H and O–H groups in total. The van der Waals surface area contributed by atoms with Gasteiger partial charge in [-0.2, -0.15) is 5.26 Å². The third kappa shape index (κ3) is 3.45. The Balaban J connectivity index is 1.63. The maximum atomic E-state index is 13.4. The van der Waals surface area contributed by atoms with Crippen molar-refractivity contribution >= 4 is 11.7 Å². The van der Waals surface area contributed by atoms with Gasteiger partial charge in [0.1, 0.15) is 11.9 Å². The Labute approximate surface area is 162 Å². The van der Waals surface area contributed by atoms with E-state index in [0.717, 1.165) is 17.2 Å². The maximum absolute atomic E-state index is 13.4. The zero-order valence-corrected chi connectivity index (χ0v) is 15.1. The number of rotatable bonds is 2. The largest absolute Gasteiger partial charge is 0.322 e. The molecular formula is C23H18FN3O. The van der Waals surface area contributed by atoms with Crippen molar-refractivity contribution < 1.29 is 9.18 Å². The summed E-state index contributed by atoms with van der Waals surface area (Å²) in [6, 6.07) is 23.6. The van der Waals surface area contributed by atoms with Crippen molar-refractivity contribution in [1.82, 2.24) is 4.90 Å². The third-order valence-corrected chi connectivity index (χ3v) is 5.03. The number of urea groups is 1. The minimum absolute atomic E-state index is 0.0700. The molecule has 0 aromatic heterocycles. The van der Waals surface area contributed by atoms with Crippen LogP contribution in [0.2, 0.25) is 0 Å². The molecule has 1 atom stereocenters. The fraction of sp³-hybridized carbons (Fsp3) is 0.130. The molecule has 1 unspecified atom stereocenters. The highest BCUT2D eigenvalue weighted by Gasteiger charge is 2.29. The lowest BCUT2D eigenvalue weighted by Crippen LogP contribution is -2.41. The summed E-state index contributed by atoms with van der Waals surface area (Å²) in [7, 11) is 0. The molecule has 0 saturated heterocycles. The van der Waals surface area contributed by atoms with Crippen LogP contribution < -0.4 is 5.32 Å². The number of nitrogens with zero attached hydrogens (tertiary/aromatic N) is 2. The third-order valence-electron chi connectivity index (χ3n) is 5.03. The lowest BCUT2D eigenvalue weighted by molar-refractivity contribution is 0.203. The standard InChI is InChI=1S/C23H18FN3O/c24-19-10-11-22(18(12-19)13-25)26-23(28)27-14-17-8-4-5-9-20(17)21(15-27)16-6-2-1-3-7-16/h1-12,21H,14-15H2,(H,26,28). The van der Waals surface area contributed by atoms with Crippen LogP contribution in [0, 0.1) is 17.1 Å². The van der Waals surface area contributed by atoms with Crippen molar-refractivity contribution in [2.45, 2.75) is 12.5 Å². The topological polar surface area (TPSA) is 56.1 Å². The molecule has 0 saturated carbocycles. The highest BCUT2D eigenvalue weighted by Crippen LogP contribution is 2.33. The van der Waals surface area contributed by atoms with Crippen LogP contribution in [0.3, 0.4) is 0 Å². The first-order valence-electron chi connectivity index (χ1n) is 9.04. The number of benzene rings is 3. The van der Waals surface area contributed by atoms with E-state index in [1.165, 1.54) is 17.7 Å². The molecule has 0 fully saturated rings. The van der Waals surface area contributed by atoms with Crippen molar-refractivity contribution in [3.05, 3.63) is 101 Å². The molecule has 0 spiro atoms. The number of fused-ring (bicyclic) bond motifs is 1. The Hall–Kier alpha value is -3.65. The van der Waals surface area contributed by atoms with E-state index in [0.29, 0.717) is 18.8 Å². The number of hydrogen-bond acceptors (Lipinski definition) is 2. The van der Waals surface area contributed by atoms with E-state index in [1.54, 1.807) is 4.90 Å². The summed E-state index contributed by atoms with van der Waals surface area (Å²) < 4.78 is 13.4. The molecule has 138 valence electrons. The molecule has 0 radical (unpaired) electrons. The Bertz CT molecular complexity index is 1060. The Morgan fingerprint density at radius 2 is 1.82 bits per heavy atom. The molecule has 0 bridgehead atoms. The van der Waals surface area contributed by atoms with Gasteiger partial charge in [-0.3, -0.25) is 0 Å². The molecule has 3 aromatic carbocycles. The quantitative estimate of drug-likeness (QED) is 0.698. The SMILES string of the molecule is N#Cc1cc(F)ccc1NC(=O)N1Cc2ccccc2C(c2ccccc2)C1. The highest BCUT2D eigenvalue weighted by atomic mass is 19.1. The van der Waals surface area contributed by atoms with E-state index in [9.17, 15) is 14.4 Å². The van der Waals surface area contributed by atoms with Crippen molar-refractivity contribution in [1.29, 1.82) is 5.26 Å². The summed E-state index contributed by atoms with van der Waals surface area (Å²) in [4.78, 5) is 14.6. The number of amides is 2. The normalized spacial score (nSPS) is 15.4. The Morgan fingerprint density at radius 1 is 1.07 bits per heavy atom. The van der Waals surface area contributed by atoms with E-state index in [2.05, 4.69) is 23.5 Å². The van der Waals surface area contributed by atoms with Gasteiger partial charge >= 0.3 is 6.03 Å². The Kier molecular flexibility index (Phi) is 4.77. The molecule has 1 aliphatic rings. The number of nitrogens with one attached hydrogen (secondary N) is 1. The van der Waals surface area contributed by atoms with Crippen molar-refractivity contribution in [2.75, 3.05) is 11.9 Å². The summed E-state index contributed by atoms with van der Waals surface area (Å²) in [5, 5.41) is 12.0. The lowest BCUT2D eigenvalue weighted by atomic mass is 9.85. The van der Waals surface area contributed by atoms with Crippen LogP contribution in [0.25, 0.3) is 0 Å². The van der Waals surface area contributed by atoms with Crippen LogP contribution in [0.1, 0.15) is 28.2 Å². The predicted octanol–water partition coefficient (Wildman–Crippen LogP) is 4.88. The molecule has 4 rings (SSSR count). The van der Waals surface area contributed by atoms with E-state index in [4.69, 9.17) is 0 Å². The fourth-order valence-electron chi connectivity index (χ4n) is 3.64. The minimum atomic E-state index is -0.509. The molecule has 1 aliphatic heterocycles. The van der Waals surface area contributed by atoms with E-state index in [-0.39, 0.29) is 17.5 Å². The van der Waals surface area contributed by atoms with Gasteiger partial charge in [0, 0.05) is 19.0 Å². The van der Waals surface area contributed by atoms with Crippen LogP contribution in [0.4, 0.5) is 14.9 Å².